The summed E-state index contributed by atoms with van der Waals surface area (Å²) in [7, 11) is -3.80. The predicted octanol–water partition coefficient (Wildman–Crippen LogP) is 1.35. The van der Waals surface area contributed by atoms with Crippen molar-refractivity contribution in [2.24, 2.45) is 5.14 Å². The summed E-state index contributed by atoms with van der Waals surface area (Å²) in [6.07, 6.45) is 0. The van der Waals surface area contributed by atoms with Crippen LogP contribution in [0, 0.1) is 0 Å². The van der Waals surface area contributed by atoms with E-state index in [0.29, 0.717) is 11.4 Å². The van der Waals surface area contributed by atoms with Crippen molar-refractivity contribution in [3.05, 3.63) is 54.6 Å². The summed E-state index contributed by atoms with van der Waals surface area (Å²) in [6.45, 7) is -0.177. The van der Waals surface area contributed by atoms with Gasteiger partial charge in [0.2, 0.25) is 10.0 Å². The molecular weight excluding hydrogens is 292 g/mol. The number of anilines is 1. The molecule has 0 aliphatic carbocycles. The van der Waals surface area contributed by atoms with Gasteiger partial charge >= 0.3 is 0 Å². The van der Waals surface area contributed by atoms with Gasteiger partial charge in [-0.1, -0.05) is 24.3 Å². The third kappa shape index (κ3) is 4.59. The molecule has 2 aromatic carbocycles. The maximum atomic E-state index is 11.7. The van der Waals surface area contributed by atoms with Crippen LogP contribution >= 0.6 is 0 Å². The van der Waals surface area contributed by atoms with Crippen LogP contribution in [-0.2, 0) is 14.8 Å². The van der Waals surface area contributed by atoms with Gasteiger partial charge in [-0.25, -0.2) is 13.6 Å². The van der Waals surface area contributed by atoms with Gasteiger partial charge in [-0.2, -0.15) is 0 Å². The largest absolute Gasteiger partial charge is 0.484 e. The second-order valence-corrected chi connectivity index (χ2v) is 5.78. The number of primary sulfonamides is 1. The normalized spacial score (nSPS) is 10.9. The minimum atomic E-state index is -3.80. The van der Waals surface area contributed by atoms with Crippen molar-refractivity contribution in [1.82, 2.24) is 0 Å². The van der Waals surface area contributed by atoms with E-state index < -0.39 is 15.9 Å². The molecule has 0 aliphatic rings. The first-order valence-corrected chi connectivity index (χ1v) is 7.60. The van der Waals surface area contributed by atoms with E-state index in [9.17, 15) is 13.2 Å². The van der Waals surface area contributed by atoms with Crippen molar-refractivity contribution in [2.75, 3.05) is 11.9 Å². The molecule has 0 fully saturated rings. The van der Waals surface area contributed by atoms with Crippen molar-refractivity contribution in [3.8, 4) is 5.75 Å². The highest BCUT2D eigenvalue weighted by Gasteiger charge is 2.09. The van der Waals surface area contributed by atoms with E-state index in [2.05, 4.69) is 5.32 Å². The Morgan fingerprint density at radius 1 is 1.10 bits per heavy atom. The molecule has 0 atom stereocenters. The third-order valence-electron chi connectivity index (χ3n) is 2.56. The van der Waals surface area contributed by atoms with Crippen LogP contribution < -0.4 is 15.2 Å². The number of carbonyl (C=O) groups is 1. The molecule has 0 spiro atoms. The Kier molecular flexibility index (Phi) is 4.56. The van der Waals surface area contributed by atoms with Gasteiger partial charge in [-0.05, 0) is 30.3 Å². The molecule has 2 aromatic rings. The van der Waals surface area contributed by atoms with Gasteiger partial charge in [0.05, 0.1) is 4.90 Å². The van der Waals surface area contributed by atoms with E-state index in [0.717, 1.165) is 0 Å². The summed E-state index contributed by atoms with van der Waals surface area (Å²) in [5.74, 6) is 0.177. The van der Waals surface area contributed by atoms with E-state index in [-0.39, 0.29) is 11.5 Å². The molecule has 2 rings (SSSR count). The molecule has 3 N–H and O–H groups in total. The molecule has 7 heteroatoms. The Hall–Kier alpha value is -2.38. The van der Waals surface area contributed by atoms with E-state index in [1.165, 1.54) is 18.2 Å². The highest BCUT2D eigenvalue weighted by Crippen LogP contribution is 2.14. The summed E-state index contributed by atoms with van der Waals surface area (Å²) >= 11 is 0. The molecule has 21 heavy (non-hydrogen) atoms. The summed E-state index contributed by atoms with van der Waals surface area (Å²) in [4.78, 5) is 11.7. The first-order valence-electron chi connectivity index (χ1n) is 6.06. The number of ether oxygens (including phenoxy) is 1. The van der Waals surface area contributed by atoms with Gasteiger partial charge < -0.3 is 10.1 Å². The maximum Gasteiger partial charge on any atom is 0.262 e. The first-order chi connectivity index (χ1) is 9.95. The standard InChI is InChI=1S/C14H14N2O4S/c15-21(18,19)13-8-4-5-11(9-13)16-14(17)10-20-12-6-2-1-3-7-12/h1-9H,10H2,(H,16,17)(H2,15,18,19). The number of para-hydroxylation sites is 1. The number of benzene rings is 2. The summed E-state index contributed by atoms with van der Waals surface area (Å²) in [5, 5.41) is 7.57. The second kappa shape index (κ2) is 6.38. The number of hydrogen-bond acceptors (Lipinski definition) is 4. The van der Waals surface area contributed by atoms with E-state index in [1.54, 1.807) is 30.3 Å². The topological polar surface area (TPSA) is 98.5 Å². The van der Waals surface area contributed by atoms with Gasteiger partial charge in [-0.3, -0.25) is 4.79 Å². The van der Waals surface area contributed by atoms with Gasteiger partial charge in [0.1, 0.15) is 5.75 Å². The molecule has 6 nitrogen and oxygen atoms in total. The average molecular weight is 306 g/mol. The fraction of sp³-hybridized carbons (Fsp3) is 0.0714. The van der Waals surface area contributed by atoms with Crippen LogP contribution in [0.2, 0.25) is 0 Å². The third-order valence-corrected chi connectivity index (χ3v) is 3.47. The predicted molar refractivity (Wildman–Crippen MR) is 78.4 cm³/mol. The molecule has 0 bridgehead atoms. The zero-order chi connectivity index (χ0) is 15.3. The van der Waals surface area contributed by atoms with E-state index >= 15 is 0 Å². The summed E-state index contributed by atoms with van der Waals surface area (Å²) in [5.41, 5.74) is 0.336. The Bertz CT molecular complexity index is 730. The lowest BCUT2D eigenvalue weighted by molar-refractivity contribution is -0.118. The van der Waals surface area contributed by atoms with Crippen LogP contribution in [0.3, 0.4) is 0 Å². The van der Waals surface area contributed by atoms with Crippen molar-refractivity contribution >= 4 is 21.6 Å². The van der Waals surface area contributed by atoms with Crippen LogP contribution in [0.25, 0.3) is 0 Å². The van der Waals surface area contributed by atoms with Gasteiger partial charge in [0.15, 0.2) is 6.61 Å². The minimum absolute atomic E-state index is 0.0655. The van der Waals surface area contributed by atoms with Crippen molar-refractivity contribution in [3.63, 3.8) is 0 Å². The second-order valence-electron chi connectivity index (χ2n) is 4.22. The molecule has 0 aromatic heterocycles. The molecule has 0 unspecified atom stereocenters. The average Bonchev–Trinajstić information content (AvgIpc) is 2.46. The number of nitrogens with one attached hydrogen (secondary N) is 1. The molecule has 110 valence electrons. The Labute approximate surface area is 122 Å². The molecule has 0 saturated heterocycles. The molecule has 1 amide bonds. The fourth-order valence-electron chi connectivity index (χ4n) is 1.61. The monoisotopic (exact) mass is 306 g/mol. The van der Waals surface area contributed by atoms with Crippen LogP contribution in [0.1, 0.15) is 0 Å². The molecular formula is C14H14N2O4S. The number of amides is 1. The van der Waals surface area contributed by atoms with Crippen LogP contribution in [0.4, 0.5) is 5.69 Å². The Balaban J connectivity index is 1.97. The number of carbonyl (C=O) groups excluding carboxylic acids is 1. The van der Waals surface area contributed by atoms with E-state index in [1.807, 2.05) is 6.07 Å². The fourth-order valence-corrected chi connectivity index (χ4v) is 2.17. The van der Waals surface area contributed by atoms with Crippen LogP contribution in [0.5, 0.6) is 5.75 Å². The highest BCUT2D eigenvalue weighted by atomic mass is 32.2. The smallest absolute Gasteiger partial charge is 0.262 e. The lowest BCUT2D eigenvalue weighted by Gasteiger charge is -2.08. The van der Waals surface area contributed by atoms with E-state index in [4.69, 9.17) is 9.88 Å². The number of nitrogens with two attached hydrogens (primary N) is 1. The SMILES string of the molecule is NS(=O)(=O)c1cccc(NC(=O)COc2ccccc2)c1. The van der Waals surface area contributed by atoms with Crippen LogP contribution in [-0.4, -0.2) is 20.9 Å². The number of sulfonamides is 1. The minimum Gasteiger partial charge on any atom is -0.484 e. The van der Waals surface area contributed by atoms with Crippen molar-refractivity contribution < 1.29 is 17.9 Å². The van der Waals surface area contributed by atoms with Crippen molar-refractivity contribution in [2.45, 2.75) is 4.90 Å². The van der Waals surface area contributed by atoms with Gasteiger partial charge in [-0.15, -0.1) is 0 Å². The summed E-state index contributed by atoms with van der Waals surface area (Å²) in [6, 6.07) is 14.6. The quantitative estimate of drug-likeness (QED) is 0.871. The molecule has 0 saturated carbocycles. The Morgan fingerprint density at radius 2 is 1.81 bits per heavy atom. The first kappa shape index (κ1) is 15.0. The maximum absolute atomic E-state index is 11.7. The lowest BCUT2D eigenvalue weighted by atomic mass is 10.3. The molecule has 0 heterocycles. The van der Waals surface area contributed by atoms with Gasteiger partial charge in [0.25, 0.3) is 5.91 Å². The zero-order valence-electron chi connectivity index (χ0n) is 11.0. The lowest BCUT2D eigenvalue weighted by Crippen LogP contribution is -2.20. The number of rotatable bonds is 5. The molecule has 0 aliphatic heterocycles. The van der Waals surface area contributed by atoms with Gasteiger partial charge in [0, 0.05) is 5.69 Å². The molecule has 0 radical (unpaired) electrons. The summed E-state index contributed by atoms with van der Waals surface area (Å²) < 4.78 is 27.7. The Morgan fingerprint density at radius 3 is 2.48 bits per heavy atom. The van der Waals surface area contributed by atoms with Crippen molar-refractivity contribution in [1.29, 1.82) is 0 Å². The number of hydrogen-bond donors (Lipinski definition) is 2. The highest BCUT2D eigenvalue weighted by molar-refractivity contribution is 7.89. The van der Waals surface area contributed by atoms with Crippen LogP contribution in [0.15, 0.2) is 59.5 Å². The zero-order valence-corrected chi connectivity index (χ0v) is 11.8.